The lowest BCUT2D eigenvalue weighted by Crippen LogP contribution is -2.16. The van der Waals surface area contributed by atoms with Gasteiger partial charge in [0.05, 0.1) is 11.4 Å². The van der Waals surface area contributed by atoms with Crippen molar-refractivity contribution < 1.29 is 18.0 Å². The van der Waals surface area contributed by atoms with Crippen LogP contribution < -0.4 is 11.1 Å². The number of aromatic nitrogens is 2. The van der Waals surface area contributed by atoms with Gasteiger partial charge in [0.15, 0.2) is 17.3 Å². The van der Waals surface area contributed by atoms with E-state index in [9.17, 15) is 18.0 Å². The van der Waals surface area contributed by atoms with Crippen molar-refractivity contribution in [1.82, 2.24) is 10.2 Å². The Morgan fingerprint density at radius 2 is 1.86 bits per heavy atom. The zero-order valence-electron chi connectivity index (χ0n) is 11.3. The van der Waals surface area contributed by atoms with E-state index in [4.69, 9.17) is 5.73 Å². The van der Waals surface area contributed by atoms with Gasteiger partial charge in [0.2, 0.25) is 0 Å². The summed E-state index contributed by atoms with van der Waals surface area (Å²) >= 11 is 0. The smallest absolute Gasteiger partial charge is 0.278 e. The Bertz CT molecular complexity index is 674. The number of rotatable bonds is 3. The molecule has 0 saturated heterocycles. The van der Waals surface area contributed by atoms with E-state index in [0.717, 1.165) is 0 Å². The number of nitrogens with two attached hydrogens (primary N) is 1. The van der Waals surface area contributed by atoms with E-state index in [0.29, 0.717) is 17.8 Å². The van der Waals surface area contributed by atoms with E-state index in [1.807, 2.05) is 19.2 Å². The molecule has 8 heteroatoms. The van der Waals surface area contributed by atoms with Gasteiger partial charge in [-0.1, -0.05) is 13.8 Å². The summed E-state index contributed by atoms with van der Waals surface area (Å²) in [7, 11) is 0. The summed E-state index contributed by atoms with van der Waals surface area (Å²) in [5.41, 5.74) is 5.47. The third-order valence-electron chi connectivity index (χ3n) is 2.87. The molecular weight excluding hydrogens is 285 g/mol. The molecule has 0 unspecified atom stereocenters. The molecule has 1 heterocycles. The molecule has 0 fully saturated rings. The molecule has 112 valence electrons. The molecule has 1 amide bonds. The van der Waals surface area contributed by atoms with E-state index in [1.165, 1.54) is 0 Å². The van der Waals surface area contributed by atoms with E-state index < -0.39 is 29.0 Å². The maximum absolute atomic E-state index is 13.5. The standard InChI is InChI=1S/C13H13F3N4O/c1-5(2)10-9(17)12(20-19-10)13(21)18-11-7(15)3-6(14)4-8(11)16/h3-5H,17H2,1-2H3,(H,18,21)(H,19,20). The minimum absolute atomic E-state index is 0.00153. The number of halogens is 3. The second-order valence-electron chi connectivity index (χ2n) is 4.75. The second-order valence-corrected chi connectivity index (χ2v) is 4.75. The normalized spacial score (nSPS) is 11.0. The maximum Gasteiger partial charge on any atom is 0.278 e. The molecule has 0 bridgehead atoms. The molecule has 0 aliphatic carbocycles. The van der Waals surface area contributed by atoms with Crippen molar-refractivity contribution >= 4 is 17.3 Å². The first kappa shape index (κ1) is 14.9. The Kier molecular flexibility index (Phi) is 3.88. The molecule has 0 atom stereocenters. The summed E-state index contributed by atoms with van der Waals surface area (Å²) in [6.07, 6.45) is 0. The fourth-order valence-corrected chi connectivity index (χ4v) is 1.81. The lowest BCUT2D eigenvalue weighted by atomic mass is 10.1. The fraction of sp³-hybridized carbons (Fsp3) is 0.231. The first-order valence-electron chi connectivity index (χ1n) is 6.11. The van der Waals surface area contributed by atoms with Gasteiger partial charge in [-0.2, -0.15) is 5.10 Å². The van der Waals surface area contributed by atoms with Gasteiger partial charge < -0.3 is 11.1 Å². The van der Waals surface area contributed by atoms with Crippen LogP contribution >= 0.6 is 0 Å². The van der Waals surface area contributed by atoms with Crippen LogP contribution in [0, 0.1) is 17.5 Å². The summed E-state index contributed by atoms with van der Waals surface area (Å²) in [5.74, 6) is -4.42. The number of nitrogen functional groups attached to an aromatic ring is 1. The molecule has 0 saturated carbocycles. The highest BCUT2D eigenvalue weighted by Gasteiger charge is 2.21. The van der Waals surface area contributed by atoms with E-state index >= 15 is 0 Å². The first-order chi connectivity index (χ1) is 9.81. The number of nitrogens with zero attached hydrogens (tertiary/aromatic N) is 1. The van der Waals surface area contributed by atoms with E-state index in [1.54, 1.807) is 0 Å². The van der Waals surface area contributed by atoms with Crippen LogP contribution in [-0.2, 0) is 0 Å². The molecule has 0 aliphatic heterocycles. The number of H-pyrrole nitrogens is 1. The number of hydrogen-bond acceptors (Lipinski definition) is 3. The molecule has 2 rings (SSSR count). The van der Waals surface area contributed by atoms with Gasteiger partial charge in [-0.25, -0.2) is 13.2 Å². The largest absolute Gasteiger partial charge is 0.395 e. The zero-order chi connectivity index (χ0) is 15.7. The number of aromatic amines is 1. The first-order valence-corrected chi connectivity index (χ1v) is 6.11. The highest BCUT2D eigenvalue weighted by molar-refractivity contribution is 6.06. The Labute approximate surface area is 118 Å². The third-order valence-corrected chi connectivity index (χ3v) is 2.87. The van der Waals surface area contributed by atoms with Gasteiger partial charge in [0.1, 0.15) is 11.5 Å². The highest BCUT2D eigenvalue weighted by Crippen LogP contribution is 2.25. The number of hydrogen-bond donors (Lipinski definition) is 3. The van der Waals surface area contributed by atoms with Crippen LogP contribution in [0.2, 0.25) is 0 Å². The topological polar surface area (TPSA) is 83.8 Å². The predicted octanol–water partition coefficient (Wildman–Crippen LogP) is 2.78. The Hall–Kier alpha value is -2.51. The quantitative estimate of drug-likeness (QED) is 0.814. The molecule has 2 aromatic rings. The lowest BCUT2D eigenvalue weighted by molar-refractivity contribution is 0.102. The second kappa shape index (κ2) is 5.47. The minimum Gasteiger partial charge on any atom is -0.395 e. The molecule has 1 aromatic carbocycles. The zero-order valence-corrected chi connectivity index (χ0v) is 11.3. The average molecular weight is 298 g/mol. The highest BCUT2D eigenvalue weighted by atomic mass is 19.1. The van der Waals surface area contributed by atoms with Crippen molar-refractivity contribution in [2.75, 3.05) is 11.1 Å². The van der Waals surface area contributed by atoms with Crippen molar-refractivity contribution in [3.05, 3.63) is 41.0 Å². The number of carbonyl (C=O) groups excluding carboxylic acids is 1. The molecule has 0 radical (unpaired) electrons. The minimum atomic E-state index is -1.22. The van der Waals surface area contributed by atoms with Gasteiger partial charge in [-0.15, -0.1) is 0 Å². The molecule has 0 spiro atoms. The van der Waals surface area contributed by atoms with Crippen LogP contribution in [0.3, 0.4) is 0 Å². The van der Waals surface area contributed by atoms with Gasteiger partial charge in [-0.05, 0) is 5.92 Å². The summed E-state index contributed by atoms with van der Waals surface area (Å²) < 4.78 is 39.7. The molecule has 1 aromatic heterocycles. The van der Waals surface area contributed by atoms with Crippen LogP contribution in [0.15, 0.2) is 12.1 Å². The molecular formula is C13H13F3N4O. The summed E-state index contributed by atoms with van der Waals surface area (Å²) in [6.45, 7) is 3.68. The molecule has 0 aliphatic rings. The number of anilines is 2. The SMILES string of the molecule is CC(C)c1[nH]nc(C(=O)Nc2c(F)cc(F)cc2F)c1N. The fourth-order valence-electron chi connectivity index (χ4n) is 1.81. The summed E-state index contributed by atoms with van der Waals surface area (Å²) in [4.78, 5) is 12.0. The number of nitrogens with one attached hydrogen (secondary N) is 2. The summed E-state index contributed by atoms with van der Waals surface area (Å²) in [6, 6.07) is 0.929. The molecule has 4 N–H and O–H groups in total. The lowest BCUT2D eigenvalue weighted by Gasteiger charge is -2.07. The Morgan fingerprint density at radius 1 is 1.29 bits per heavy atom. The molecule has 5 nitrogen and oxygen atoms in total. The average Bonchev–Trinajstić information content (AvgIpc) is 2.75. The van der Waals surface area contributed by atoms with Gasteiger partial charge in [-0.3, -0.25) is 9.89 Å². The van der Waals surface area contributed by atoms with Crippen LogP contribution in [0.5, 0.6) is 0 Å². The summed E-state index contributed by atoms with van der Waals surface area (Å²) in [5, 5.41) is 8.32. The Morgan fingerprint density at radius 3 is 2.33 bits per heavy atom. The third kappa shape index (κ3) is 2.83. The van der Waals surface area contributed by atoms with Gasteiger partial charge in [0.25, 0.3) is 5.91 Å². The van der Waals surface area contributed by atoms with E-state index in [2.05, 4.69) is 10.2 Å². The van der Waals surface area contributed by atoms with E-state index in [-0.39, 0.29) is 17.3 Å². The number of benzene rings is 1. The van der Waals surface area contributed by atoms with Gasteiger partial charge in [0, 0.05) is 12.1 Å². The maximum atomic E-state index is 13.5. The van der Waals surface area contributed by atoms with Crippen LogP contribution in [0.25, 0.3) is 0 Å². The van der Waals surface area contributed by atoms with Crippen molar-refractivity contribution in [3.8, 4) is 0 Å². The van der Waals surface area contributed by atoms with Crippen molar-refractivity contribution in [1.29, 1.82) is 0 Å². The van der Waals surface area contributed by atoms with Crippen molar-refractivity contribution in [3.63, 3.8) is 0 Å². The number of carbonyl (C=O) groups is 1. The van der Waals surface area contributed by atoms with Crippen molar-refractivity contribution in [2.45, 2.75) is 19.8 Å². The Balaban J connectivity index is 2.31. The van der Waals surface area contributed by atoms with Crippen LogP contribution in [0.1, 0.15) is 35.9 Å². The van der Waals surface area contributed by atoms with Crippen LogP contribution in [0.4, 0.5) is 24.5 Å². The van der Waals surface area contributed by atoms with Crippen molar-refractivity contribution in [2.24, 2.45) is 0 Å². The molecule has 21 heavy (non-hydrogen) atoms. The van der Waals surface area contributed by atoms with Gasteiger partial charge >= 0.3 is 0 Å². The number of amides is 1. The van der Waals surface area contributed by atoms with Crippen LogP contribution in [-0.4, -0.2) is 16.1 Å². The predicted molar refractivity (Wildman–Crippen MR) is 71.4 cm³/mol. The monoisotopic (exact) mass is 298 g/mol.